The van der Waals surface area contributed by atoms with Crippen molar-refractivity contribution in [3.63, 3.8) is 0 Å². The Morgan fingerprint density at radius 2 is 0.944 bits per heavy atom. The molecular formula is C44H89NO8P+. The van der Waals surface area contributed by atoms with E-state index in [1.807, 2.05) is 21.1 Å². The molecule has 0 spiro atoms. The molecule has 0 saturated heterocycles. The van der Waals surface area contributed by atoms with Gasteiger partial charge in [-0.1, -0.05) is 182 Å². The predicted octanol–water partition coefficient (Wildman–Crippen LogP) is 12.5. The lowest BCUT2D eigenvalue weighted by Gasteiger charge is -2.24. The topological polar surface area (TPSA) is 108 Å². The Bertz CT molecular complexity index is 927. The first-order valence-electron chi connectivity index (χ1n) is 22.5. The summed E-state index contributed by atoms with van der Waals surface area (Å²) in [4.78, 5) is 35.5. The van der Waals surface area contributed by atoms with E-state index in [2.05, 4.69) is 27.7 Å². The predicted molar refractivity (Wildman–Crippen MR) is 224 cm³/mol. The highest BCUT2D eigenvalue weighted by molar-refractivity contribution is 7.47. The van der Waals surface area contributed by atoms with Crippen LogP contribution in [0.3, 0.4) is 0 Å². The first-order valence-corrected chi connectivity index (χ1v) is 24.0. The van der Waals surface area contributed by atoms with Crippen molar-refractivity contribution in [2.24, 2.45) is 11.8 Å². The molecule has 10 heteroatoms. The van der Waals surface area contributed by atoms with Crippen molar-refractivity contribution in [1.82, 2.24) is 0 Å². The van der Waals surface area contributed by atoms with Gasteiger partial charge in [-0.2, -0.15) is 0 Å². The minimum absolute atomic E-state index is 0.0345. The molecule has 4 atom stereocenters. The van der Waals surface area contributed by atoms with E-state index < -0.39 is 26.5 Å². The van der Waals surface area contributed by atoms with Crippen LogP contribution >= 0.6 is 7.82 Å². The molecule has 3 unspecified atom stereocenters. The second-order valence-corrected chi connectivity index (χ2v) is 18.8. The van der Waals surface area contributed by atoms with E-state index in [4.69, 9.17) is 18.5 Å². The molecule has 0 rings (SSSR count). The Kier molecular flexibility index (Phi) is 34.5. The molecule has 0 aromatic carbocycles. The third kappa shape index (κ3) is 37.9. The molecule has 0 aromatic rings. The number of ether oxygens (including phenoxy) is 2. The average Bonchev–Trinajstić information content (AvgIpc) is 3.10. The Hall–Kier alpha value is -0.990. The zero-order chi connectivity index (χ0) is 40.3. The molecule has 9 nitrogen and oxygen atoms in total. The van der Waals surface area contributed by atoms with Gasteiger partial charge in [0.25, 0.3) is 0 Å². The van der Waals surface area contributed by atoms with Crippen LogP contribution in [0, 0.1) is 11.8 Å². The monoisotopic (exact) mass is 791 g/mol. The van der Waals surface area contributed by atoms with Gasteiger partial charge in [-0.25, -0.2) is 4.57 Å². The number of likely N-dealkylation sites (N-methyl/N-ethyl adjacent to an activating group) is 1. The molecule has 0 saturated carbocycles. The summed E-state index contributed by atoms with van der Waals surface area (Å²) < 4.78 is 34.4. The minimum Gasteiger partial charge on any atom is -0.462 e. The van der Waals surface area contributed by atoms with E-state index in [1.54, 1.807) is 0 Å². The van der Waals surface area contributed by atoms with E-state index in [1.165, 1.54) is 122 Å². The van der Waals surface area contributed by atoms with E-state index in [9.17, 15) is 19.0 Å². The number of hydrogen-bond donors (Lipinski definition) is 1. The number of esters is 2. The Morgan fingerprint density at radius 1 is 0.556 bits per heavy atom. The number of phosphoric acid groups is 1. The number of nitrogens with zero attached hydrogens (tertiary/aromatic N) is 1. The lowest BCUT2D eigenvalue weighted by Crippen LogP contribution is -2.37. The zero-order valence-electron chi connectivity index (χ0n) is 36.6. The molecule has 54 heavy (non-hydrogen) atoms. The number of hydrogen-bond acceptors (Lipinski definition) is 7. The zero-order valence-corrected chi connectivity index (χ0v) is 37.5. The van der Waals surface area contributed by atoms with Crippen LogP contribution in [0.15, 0.2) is 0 Å². The molecule has 0 aliphatic heterocycles. The number of rotatable bonds is 40. The second-order valence-electron chi connectivity index (χ2n) is 17.3. The Balaban J connectivity index is 4.47. The van der Waals surface area contributed by atoms with Crippen molar-refractivity contribution in [3.8, 4) is 0 Å². The highest BCUT2D eigenvalue weighted by Gasteiger charge is 2.27. The summed E-state index contributed by atoms with van der Waals surface area (Å²) in [6.07, 6.45) is 31.4. The van der Waals surface area contributed by atoms with Crippen LogP contribution in [0.2, 0.25) is 0 Å². The van der Waals surface area contributed by atoms with Gasteiger partial charge in [0.05, 0.1) is 27.7 Å². The highest BCUT2D eigenvalue weighted by atomic mass is 31.2. The Morgan fingerprint density at radius 3 is 1.37 bits per heavy atom. The summed E-state index contributed by atoms with van der Waals surface area (Å²) in [5.74, 6) is 0.706. The maximum Gasteiger partial charge on any atom is 0.472 e. The Labute approximate surface area is 334 Å². The van der Waals surface area contributed by atoms with Gasteiger partial charge < -0.3 is 18.9 Å². The molecule has 322 valence electrons. The summed E-state index contributed by atoms with van der Waals surface area (Å²) in [5, 5.41) is 0. The SMILES string of the molecule is CCCCCCCCCC(C)CCCCCCC(=O)OC[C@H](COP(=O)(O)OCC[N+](C)(C)C)OC(=O)CCCCCCC(C)CCCCCCCCC. The smallest absolute Gasteiger partial charge is 0.462 e. The van der Waals surface area contributed by atoms with Gasteiger partial charge in [0, 0.05) is 12.8 Å². The van der Waals surface area contributed by atoms with E-state index in [0.29, 0.717) is 23.9 Å². The fourth-order valence-electron chi connectivity index (χ4n) is 6.68. The number of carbonyl (C=O) groups is 2. The van der Waals surface area contributed by atoms with Gasteiger partial charge in [-0.05, 0) is 24.7 Å². The van der Waals surface area contributed by atoms with Gasteiger partial charge in [-0.3, -0.25) is 18.6 Å². The molecule has 0 aromatic heterocycles. The van der Waals surface area contributed by atoms with Crippen LogP contribution < -0.4 is 0 Å². The molecule has 1 N–H and O–H groups in total. The number of quaternary nitrogens is 1. The van der Waals surface area contributed by atoms with Crippen molar-refractivity contribution in [3.05, 3.63) is 0 Å². The number of carbonyl (C=O) groups excluding carboxylic acids is 2. The maximum absolute atomic E-state index is 12.7. The minimum atomic E-state index is -4.37. The summed E-state index contributed by atoms with van der Waals surface area (Å²) in [5.41, 5.74) is 0. The van der Waals surface area contributed by atoms with Crippen molar-refractivity contribution >= 4 is 19.8 Å². The summed E-state index contributed by atoms with van der Waals surface area (Å²) in [6.45, 7) is 9.15. The van der Waals surface area contributed by atoms with E-state index in [-0.39, 0.29) is 25.6 Å². The lowest BCUT2D eigenvalue weighted by molar-refractivity contribution is -0.870. The standard InChI is InChI=1S/C44H88NO8P/c1-8-10-12-14-16-18-24-30-40(3)32-26-20-22-28-34-43(46)50-38-42(39-52-54(48,49)51-37-36-45(5,6)7)53-44(47)35-29-23-21-27-33-41(4)31-25-19-17-15-13-11-9-2/h40-42H,8-39H2,1-7H3/p+1/t40?,41?,42-/m1/s1. The van der Waals surface area contributed by atoms with Crippen molar-refractivity contribution < 1.29 is 42.1 Å². The fraction of sp³-hybridized carbons (Fsp3) is 0.955. The second kappa shape index (κ2) is 35.2. The molecule has 0 fully saturated rings. The van der Waals surface area contributed by atoms with E-state index >= 15 is 0 Å². The average molecular weight is 791 g/mol. The molecular weight excluding hydrogens is 701 g/mol. The molecule has 0 aliphatic carbocycles. The first kappa shape index (κ1) is 53.0. The largest absolute Gasteiger partial charge is 0.472 e. The first-order chi connectivity index (χ1) is 25.8. The molecule has 0 radical (unpaired) electrons. The van der Waals surface area contributed by atoms with Crippen LogP contribution in [0.4, 0.5) is 0 Å². The van der Waals surface area contributed by atoms with Crippen LogP contribution in [-0.4, -0.2) is 74.9 Å². The third-order valence-electron chi connectivity index (χ3n) is 10.4. The van der Waals surface area contributed by atoms with Crippen molar-refractivity contribution in [1.29, 1.82) is 0 Å². The molecule has 0 amide bonds. The van der Waals surface area contributed by atoms with Crippen LogP contribution in [0.5, 0.6) is 0 Å². The quantitative estimate of drug-likeness (QED) is 0.0283. The fourth-order valence-corrected chi connectivity index (χ4v) is 7.43. The van der Waals surface area contributed by atoms with Crippen LogP contribution in [0.25, 0.3) is 0 Å². The van der Waals surface area contributed by atoms with Crippen molar-refractivity contribution in [2.45, 2.75) is 214 Å². The normalized spacial score (nSPS) is 14.7. The molecule has 0 heterocycles. The summed E-state index contributed by atoms with van der Waals surface area (Å²) in [6, 6.07) is 0. The van der Waals surface area contributed by atoms with Gasteiger partial charge in [-0.15, -0.1) is 0 Å². The van der Waals surface area contributed by atoms with Crippen LogP contribution in [0.1, 0.15) is 207 Å². The molecule has 0 aliphatic rings. The number of unbranched alkanes of at least 4 members (excludes halogenated alkanes) is 18. The van der Waals surface area contributed by atoms with Crippen LogP contribution in [-0.2, 0) is 32.7 Å². The lowest BCUT2D eigenvalue weighted by atomic mass is 9.96. The summed E-state index contributed by atoms with van der Waals surface area (Å²) in [7, 11) is 1.49. The van der Waals surface area contributed by atoms with Gasteiger partial charge in [0.1, 0.15) is 19.8 Å². The maximum atomic E-state index is 12.7. The molecule has 0 bridgehead atoms. The summed E-state index contributed by atoms with van der Waals surface area (Å²) >= 11 is 0. The third-order valence-corrected chi connectivity index (χ3v) is 11.4. The number of phosphoric ester groups is 1. The van der Waals surface area contributed by atoms with Crippen molar-refractivity contribution in [2.75, 3.05) is 47.5 Å². The highest BCUT2D eigenvalue weighted by Crippen LogP contribution is 2.43. The van der Waals surface area contributed by atoms with Gasteiger partial charge in [0.15, 0.2) is 6.10 Å². The van der Waals surface area contributed by atoms with Gasteiger partial charge in [0.2, 0.25) is 0 Å². The van der Waals surface area contributed by atoms with Gasteiger partial charge >= 0.3 is 19.8 Å². The van der Waals surface area contributed by atoms with E-state index in [0.717, 1.165) is 50.4 Å².